The van der Waals surface area contributed by atoms with E-state index in [1.807, 2.05) is 5.51 Å². The molecule has 0 amide bonds. The van der Waals surface area contributed by atoms with Crippen molar-refractivity contribution in [3.63, 3.8) is 0 Å². The summed E-state index contributed by atoms with van der Waals surface area (Å²) in [6, 6.07) is 0. The average molecular weight is 298 g/mol. The molecule has 0 aromatic carbocycles. The Labute approximate surface area is 128 Å². The van der Waals surface area contributed by atoms with Gasteiger partial charge in [-0.05, 0) is 37.8 Å². The summed E-state index contributed by atoms with van der Waals surface area (Å²) < 4.78 is 0. The number of rotatable bonds is 10. The molecule has 1 rings (SSSR count). The normalized spacial score (nSPS) is 12.6. The van der Waals surface area contributed by atoms with E-state index in [1.54, 1.807) is 11.3 Å². The van der Waals surface area contributed by atoms with Gasteiger partial charge < -0.3 is 5.32 Å². The number of nitrogens with zero attached hydrogens (tertiary/aromatic N) is 2. The molecule has 1 aromatic heterocycles. The van der Waals surface area contributed by atoms with Crippen molar-refractivity contribution in [1.29, 1.82) is 0 Å². The Morgan fingerprint density at radius 3 is 2.55 bits per heavy atom. The molecular weight excluding hydrogens is 266 g/mol. The van der Waals surface area contributed by atoms with Gasteiger partial charge in [0.25, 0.3) is 0 Å². The Bertz CT molecular complexity index is 345. The zero-order valence-corrected chi connectivity index (χ0v) is 14.6. The predicted molar refractivity (Wildman–Crippen MR) is 89.2 cm³/mol. The Morgan fingerprint density at radius 2 is 2.05 bits per heavy atom. The molecule has 1 aromatic rings. The first-order chi connectivity index (χ1) is 9.51. The fourth-order valence-corrected chi connectivity index (χ4v) is 3.18. The van der Waals surface area contributed by atoms with E-state index in [0.717, 1.165) is 26.2 Å². The Hall–Kier alpha value is -0.450. The van der Waals surface area contributed by atoms with Gasteiger partial charge in [-0.1, -0.05) is 27.7 Å². The van der Waals surface area contributed by atoms with Gasteiger partial charge in [0.05, 0.1) is 11.2 Å². The summed E-state index contributed by atoms with van der Waals surface area (Å²) in [5, 5.41) is 5.80. The fraction of sp³-hybridized carbons (Fsp3) is 0.812. The van der Waals surface area contributed by atoms with Crippen LogP contribution in [0, 0.1) is 11.3 Å². The lowest BCUT2D eigenvalue weighted by atomic mass is 9.81. The highest BCUT2D eigenvalue weighted by molar-refractivity contribution is 7.07. The Balaban J connectivity index is 2.51. The SMILES string of the molecule is CCC(CC)(CNCC(C)C)CN(C)Cc1cscn1. The van der Waals surface area contributed by atoms with Crippen molar-refractivity contribution in [2.45, 2.75) is 47.1 Å². The summed E-state index contributed by atoms with van der Waals surface area (Å²) in [4.78, 5) is 6.80. The number of hydrogen-bond acceptors (Lipinski definition) is 4. The van der Waals surface area contributed by atoms with Gasteiger partial charge >= 0.3 is 0 Å². The molecule has 0 radical (unpaired) electrons. The molecule has 0 bridgehead atoms. The minimum atomic E-state index is 0.375. The monoisotopic (exact) mass is 297 g/mol. The van der Waals surface area contributed by atoms with Gasteiger partial charge in [0.15, 0.2) is 0 Å². The van der Waals surface area contributed by atoms with E-state index in [4.69, 9.17) is 0 Å². The van der Waals surface area contributed by atoms with Crippen LogP contribution in [0.1, 0.15) is 46.2 Å². The molecule has 3 nitrogen and oxygen atoms in total. The van der Waals surface area contributed by atoms with Gasteiger partial charge in [0.1, 0.15) is 0 Å². The second kappa shape index (κ2) is 8.75. The van der Waals surface area contributed by atoms with Crippen molar-refractivity contribution in [1.82, 2.24) is 15.2 Å². The Morgan fingerprint density at radius 1 is 1.35 bits per heavy atom. The second-order valence-electron chi connectivity index (χ2n) is 6.38. The zero-order valence-electron chi connectivity index (χ0n) is 13.8. The van der Waals surface area contributed by atoms with Gasteiger partial charge in [0, 0.05) is 25.0 Å². The first kappa shape index (κ1) is 17.6. The molecule has 0 spiro atoms. The Kier molecular flexibility index (Phi) is 7.70. The maximum Gasteiger partial charge on any atom is 0.0795 e. The van der Waals surface area contributed by atoms with Crippen LogP contribution in [0.15, 0.2) is 10.9 Å². The standard InChI is InChI=1S/C16H31N3S/c1-6-16(7-2,11-17-8-14(3)4)12-19(5)9-15-10-20-13-18-15/h10,13-14,17H,6-9,11-12H2,1-5H3. The lowest BCUT2D eigenvalue weighted by Gasteiger charge is -2.36. The van der Waals surface area contributed by atoms with Crippen LogP contribution >= 0.6 is 11.3 Å². The second-order valence-corrected chi connectivity index (χ2v) is 7.10. The van der Waals surface area contributed by atoms with Crippen LogP contribution in [0.5, 0.6) is 0 Å². The van der Waals surface area contributed by atoms with E-state index in [1.165, 1.54) is 18.5 Å². The maximum absolute atomic E-state index is 4.38. The van der Waals surface area contributed by atoms with E-state index in [9.17, 15) is 0 Å². The fourth-order valence-electron chi connectivity index (χ4n) is 2.63. The predicted octanol–water partition coefficient (Wildman–Crippen LogP) is 3.63. The minimum absolute atomic E-state index is 0.375. The van der Waals surface area contributed by atoms with Crippen LogP contribution in [0.2, 0.25) is 0 Å². The third-order valence-corrected chi connectivity index (χ3v) is 4.71. The molecule has 0 atom stereocenters. The van der Waals surface area contributed by atoms with Crippen LogP contribution < -0.4 is 5.32 Å². The van der Waals surface area contributed by atoms with Crippen molar-refractivity contribution in [3.8, 4) is 0 Å². The minimum Gasteiger partial charge on any atom is -0.316 e. The van der Waals surface area contributed by atoms with Gasteiger partial charge in [-0.25, -0.2) is 4.98 Å². The van der Waals surface area contributed by atoms with Crippen LogP contribution in [-0.2, 0) is 6.54 Å². The molecule has 0 fully saturated rings. The summed E-state index contributed by atoms with van der Waals surface area (Å²) in [6.45, 7) is 13.5. The van der Waals surface area contributed by atoms with Crippen molar-refractivity contribution < 1.29 is 0 Å². The summed E-state index contributed by atoms with van der Waals surface area (Å²) in [7, 11) is 2.21. The van der Waals surface area contributed by atoms with E-state index in [-0.39, 0.29) is 0 Å². The lowest BCUT2D eigenvalue weighted by Crippen LogP contribution is -2.43. The van der Waals surface area contributed by atoms with Gasteiger partial charge in [-0.2, -0.15) is 0 Å². The van der Waals surface area contributed by atoms with Gasteiger partial charge in [-0.15, -0.1) is 11.3 Å². The summed E-state index contributed by atoms with van der Waals surface area (Å²) >= 11 is 1.68. The highest BCUT2D eigenvalue weighted by Gasteiger charge is 2.27. The molecule has 1 N–H and O–H groups in total. The summed E-state index contributed by atoms with van der Waals surface area (Å²) in [5.74, 6) is 0.717. The zero-order chi connectivity index (χ0) is 15.0. The van der Waals surface area contributed by atoms with Crippen molar-refractivity contribution in [3.05, 3.63) is 16.6 Å². The average Bonchev–Trinajstić information content (AvgIpc) is 2.89. The van der Waals surface area contributed by atoms with Crippen molar-refractivity contribution >= 4 is 11.3 Å². The molecule has 0 aliphatic heterocycles. The molecule has 116 valence electrons. The number of aromatic nitrogens is 1. The quantitative estimate of drug-likeness (QED) is 0.715. The molecular formula is C16H31N3S. The highest BCUT2D eigenvalue weighted by atomic mass is 32.1. The van der Waals surface area contributed by atoms with Crippen LogP contribution in [0.25, 0.3) is 0 Å². The van der Waals surface area contributed by atoms with E-state index >= 15 is 0 Å². The van der Waals surface area contributed by atoms with E-state index in [2.05, 4.69) is 55.3 Å². The molecule has 4 heteroatoms. The van der Waals surface area contributed by atoms with Gasteiger partial charge in [-0.3, -0.25) is 4.90 Å². The molecule has 0 saturated carbocycles. The first-order valence-electron chi connectivity index (χ1n) is 7.77. The van der Waals surface area contributed by atoms with Crippen molar-refractivity contribution in [2.24, 2.45) is 11.3 Å². The smallest absolute Gasteiger partial charge is 0.0795 e. The third-order valence-electron chi connectivity index (χ3n) is 4.07. The van der Waals surface area contributed by atoms with Gasteiger partial charge in [0.2, 0.25) is 0 Å². The molecule has 0 saturated heterocycles. The molecule has 20 heavy (non-hydrogen) atoms. The number of nitrogens with one attached hydrogen (secondary N) is 1. The largest absolute Gasteiger partial charge is 0.316 e. The summed E-state index contributed by atoms with van der Waals surface area (Å²) in [6.07, 6.45) is 2.44. The third kappa shape index (κ3) is 5.90. The molecule has 0 aliphatic carbocycles. The lowest BCUT2D eigenvalue weighted by molar-refractivity contribution is 0.149. The van der Waals surface area contributed by atoms with Crippen LogP contribution in [0.4, 0.5) is 0 Å². The van der Waals surface area contributed by atoms with Crippen LogP contribution in [-0.4, -0.2) is 36.6 Å². The van der Waals surface area contributed by atoms with Crippen molar-refractivity contribution in [2.75, 3.05) is 26.7 Å². The first-order valence-corrected chi connectivity index (χ1v) is 8.72. The molecule has 0 aliphatic rings. The molecule has 0 unspecified atom stereocenters. The molecule has 1 heterocycles. The highest BCUT2D eigenvalue weighted by Crippen LogP contribution is 2.27. The van der Waals surface area contributed by atoms with E-state index in [0.29, 0.717) is 11.3 Å². The van der Waals surface area contributed by atoms with E-state index < -0.39 is 0 Å². The number of hydrogen-bond donors (Lipinski definition) is 1. The van der Waals surface area contributed by atoms with Crippen LogP contribution in [0.3, 0.4) is 0 Å². The topological polar surface area (TPSA) is 28.2 Å². The summed E-state index contributed by atoms with van der Waals surface area (Å²) in [5.41, 5.74) is 3.48. The number of thiazole rings is 1. The maximum atomic E-state index is 4.38.